The first-order chi connectivity index (χ1) is 15.7. The van der Waals surface area contributed by atoms with Crippen LogP contribution < -0.4 is 0 Å². The van der Waals surface area contributed by atoms with E-state index in [0.29, 0.717) is 56.7 Å². The summed E-state index contributed by atoms with van der Waals surface area (Å²) < 4.78 is 11.3. The molecule has 0 bridgehead atoms. The number of carbonyl (C=O) groups is 3. The summed E-state index contributed by atoms with van der Waals surface area (Å²) in [6, 6.07) is 1.71. The molecule has 3 fully saturated rings. The van der Waals surface area contributed by atoms with Crippen LogP contribution in [0.4, 0.5) is 0 Å². The molecule has 6 unspecified atom stereocenters. The van der Waals surface area contributed by atoms with E-state index in [9.17, 15) is 14.4 Å². The summed E-state index contributed by atoms with van der Waals surface area (Å²) >= 11 is 0. The molecule has 0 aliphatic carbocycles. The van der Waals surface area contributed by atoms with Gasteiger partial charge in [0.1, 0.15) is 19.0 Å². The molecule has 33 heavy (non-hydrogen) atoms. The van der Waals surface area contributed by atoms with Gasteiger partial charge in [-0.15, -0.1) is 0 Å². The van der Waals surface area contributed by atoms with Crippen molar-refractivity contribution in [3.63, 3.8) is 0 Å². The van der Waals surface area contributed by atoms with Crippen molar-refractivity contribution < 1.29 is 23.9 Å². The van der Waals surface area contributed by atoms with Crippen molar-refractivity contribution in [3.8, 4) is 0 Å². The lowest BCUT2D eigenvalue weighted by molar-refractivity contribution is -0.155. The molecule has 8 nitrogen and oxygen atoms in total. The van der Waals surface area contributed by atoms with Gasteiger partial charge in [-0.1, -0.05) is 6.92 Å². The van der Waals surface area contributed by atoms with Gasteiger partial charge in [-0.2, -0.15) is 0 Å². The van der Waals surface area contributed by atoms with Crippen molar-refractivity contribution in [1.82, 2.24) is 14.7 Å². The standard InChI is InChI=1S/C25H43N3O5/c1-5-25(10-6-22(29)7-11-26-14-19(26)2,17-32-23(30)8-12-27-15-20(27)3)18-33-24(31)9-13-28-16-21(28)4/h19-21H,5-18H2,1-4H3. The Hall–Kier alpha value is -1.51. The molecule has 3 heterocycles. The van der Waals surface area contributed by atoms with E-state index < -0.39 is 5.41 Å². The van der Waals surface area contributed by atoms with Crippen LogP contribution in [-0.4, -0.2) is 103 Å². The van der Waals surface area contributed by atoms with E-state index in [-0.39, 0.29) is 30.9 Å². The Labute approximate surface area is 198 Å². The zero-order chi connectivity index (χ0) is 24.0. The van der Waals surface area contributed by atoms with Gasteiger partial charge in [0, 0.05) is 75.7 Å². The zero-order valence-corrected chi connectivity index (χ0v) is 21.0. The van der Waals surface area contributed by atoms with Crippen molar-refractivity contribution in [2.45, 2.75) is 84.3 Å². The minimum atomic E-state index is -0.519. The SMILES string of the molecule is CCC(CCC(=O)CCN1CC1C)(COC(=O)CCN1CC1C)COC(=O)CCN1CC1C. The molecule has 188 valence electrons. The van der Waals surface area contributed by atoms with Gasteiger partial charge in [0.15, 0.2) is 0 Å². The van der Waals surface area contributed by atoms with Crippen molar-refractivity contribution in [3.05, 3.63) is 0 Å². The van der Waals surface area contributed by atoms with Crippen LogP contribution in [-0.2, 0) is 23.9 Å². The van der Waals surface area contributed by atoms with Gasteiger partial charge >= 0.3 is 11.9 Å². The van der Waals surface area contributed by atoms with Crippen molar-refractivity contribution in [2.75, 3.05) is 52.5 Å². The second kappa shape index (κ2) is 11.8. The number of hydrogen-bond donors (Lipinski definition) is 0. The number of esters is 2. The summed E-state index contributed by atoms with van der Waals surface area (Å²) in [6.45, 7) is 14.2. The number of Topliss-reactive ketones (excluding diaryl/α,β-unsaturated/α-hetero) is 1. The topological polar surface area (TPSA) is 78.7 Å². The summed E-state index contributed by atoms with van der Waals surface area (Å²) in [5.74, 6) is -0.234. The smallest absolute Gasteiger partial charge is 0.307 e. The van der Waals surface area contributed by atoms with Crippen LogP contribution in [0.25, 0.3) is 0 Å². The summed E-state index contributed by atoms with van der Waals surface area (Å²) in [4.78, 5) is 43.9. The molecule has 6 atom stereocenters. The van der Waals surface area contributed by atoms with Crippen molar-refractivity contribution in [1.29, 1.82) is 0 Å². The minimum absolute atomic E-state index is 0.185. The van der Waals surface area contributed by atoms with Crippen LogP contribution in [0.2, 0.25) is 0 Å². The van der Waals surface area contributed by atoms with Gasteiger partial charge in [-0.25, -0.2) is 0 Å². The Morgan fingerprint density at radius 1 is 0.727 bits per heavy atom. The Morgan fingerprint density at radius 3 is 1.48 bits per heavy atom. The fourth-order valence-electron chi connectivity index (χ4n) is 4.26. The molecule has 0 aromatic carbocycles. The van der Waals surface area contributed by atoms with Crippen LogP contribution >= 0.6 is 0 Å². The molecule has 0 radical (unpaired) electrons. The van der Waals surface area contributed by atoms with Gasteiger partial charge in [-0.3, -0.25) is 29.1 Å². The van der Waals surface area contributed by atoms with E-state index in [1.165, 1.54) is 0 Å². The fraction of sp³-hybridized carbons (Fsp3) is 0.880. The molecular weight excluding hydrogens is 422 g/mol. The number of rotatable bonds is 17. The summed E-state index contributed by atoms with van der Waals surface area (Å²) in [5, 5.41) is 0. The predicted octanol–water partition coefficient (Wildman–Crippen LogP) is 2.10. The minimum Gasteiger partial charge on any atom is -0.465 e. The third-order valence-electron chi connectivity index (χ3n) is 7.61. The maximum absolute atomic E-state index is 12.5. The predicted molar refractivity (Wildman–Crippen MR) is 126 cm³/mol. The first-order valence-electron chi connectivity index (χ1n) is 12.8. The molecule has 0 amide bonds. The molecule has 0 aromatic rings. The van der Waals surface area contributed by atoms with E-state index in [0.717, 1.165) is 39.3 Å². The molecular formula is C25H43N3O5. The Balaban J connectivity index is 1.46. The fourth-order valence-corrected chi connectivity index (χ4v) is 4.26. The van der Waals surface area contributed by atoms with Gasteiger partial charge < -0.3 is 9.47 Å². The number of carbonyl (C=O) groups excluding carboxylic acids is 3. The largest absolute Gasteiger partial charge is 0.465 e. The number of hydrogen-bond acceptors (Lipinski definition) is 8. The highest BCUT2D eigenvalue weighted by molar-refractivity contribution is 5.78. The summed E-state index contributed by atoms with van der Waals surface area (Å²) in [5.41, 5.74) is -0.519. The zero-order valence-electron chi connectivity index (χ0n) is 21.0. The summed E-state index contributed by atoms with van der Waals surface area (Å²) in [7, 11) is 0. The first kappa shape index (κ1) is 26.1. The van der Waals surface area contributed by atoms with Crippen molar-refractivity contribution in [2.24, 2.45) is 5.41 Å². The Kier molecular flexibility index (Phi) is 9.30. The second-order valence-electron chi connectivity index (χ2n) is 10.5. The van der Waals surface area contributed by atoms with Crippen LogP contribution in [0.1, 0.15) is 66.2 Å². The van der Waals surface area contributed by atoms with E-state index in [2.05, 4.69) is 35.5 Å². The molecule has 3 aliphatic rings. The van der Waals surface area contributed by atoms with Crippen LogP contribution in [0, 0.1) is 5.41 Å². The first-order valence-corrected chi connectivity index (χ1v) is 12.8. The highest BCUT2D eigenvalue weighted by Gasteiger charge is 2.35. The van der Waals surface area contributed by atoms with E-state index in [1.54, 1.807) is 0 Å². The third kappa shape index (κ3) is 8.98. The maximum Gasteiger partial charge on any atom is 0.307 e. The Bertz CT molecular complexity index is 611. The molecule has 8 heteroatoms. The monoisotopic (exact) mass is 465 g/mol. The average molecular weight is 466 g/mol. The van der Waals surface area contributed by atoms with E-state index in [4.69, 9.17) is 9.47 Å². The van der Waals surface area contributed by atoms with Gasteiger partial charge in [0.2, 0.25) is 0 Å². The van der Waals surface area contributed by atoms with E-state index >= 15 is 0 Å². The van der Waals surface area contributed by atoms with Crippen LogP contribution in [0.5, 0.6) is 0 Å². The van der Waals surface area contributed by atoms with Crippen molar-refractivity contribution >= 4 is 17.7 Å². The Morgan fingerprint density at radius 2 is 1.12 bits per heavy atom. The van der Waals surface area contributed by atoms with Crippen LogP contribution in [0.3, 0.4) is 0 Å². The number of ether oxygens (including phenoxy) is 2. The van der Waals surface area contributed by atoms with Gasteiger partial charge in [0.25, 0.3) is 0 Å². The lowest BCUT2D eigenvalue weighted by Crippen LogP contribution is -2.35. The molecule has 3 saturated heterocycles. The highest BCUT2D eigenvalue weighted by Crippen LogP contribution is 2.31. The molecule has 0 N–H and O–H groups in total. The molecule has 0 aromatic heterocycles. The second-order valence-corrected chi connectivity index (χ2v) is 10.5. The molecule has 0 spiro atoms. The van der Waals surface area contributed by atoms with Gasteiger partial charge in [-0.05, 0) is 33.6 Å². The van der Waals surface area contributed by atoms with Crippen LogP contribution in [0.15, 0.2) is 0 Å². The van der Waals surface area contributed by atoms with Gasteiger partial charge in [0.05, 0.1) is 12.8 Å². The third-order valence-corrected chi connectivity index (χ3v) is 7.61. The average Bonchev–Trinajstić information content (AvgIpc) is 3.74. The summed E-state index contributed by atoms with van der Waals surface area (Å²) in [6.07, 6.45) is 2.93. The van der Waals surface area contributed by atoms with E-state index in [1.807, 2.05) is 6.92 Å². The lowest BCUT2D eigenvalue weighted by atomic mass is 9.81. The molecule has 0 saturated carbocycles. The quantitative estimate of drug-likeness (QED) is 0.239. The highest BCUT2D eigenvalue weighted by atomic mass is 16.5. The normalized spacial score (nSPS) is 31.4. The molecule has 3 aliphatic heterocycles. The number of nitrogens with zero attached hydrogens (tertiary/aromatic N) is 3. The molecule has 3 rings (SSSR count). The number of ketones is 1. The maximum atomic E-state index is 12.5. The lowest BCUT2D eigenvalue weighted by Gasteiger charge is -2.31.